The molecule has 78 heavy (non-hydrogen) atoms. The minimum absolute atomic E-state index is 0.445. The molecule has 0 aromatic heterocycles. The van der Waals surface area contributed by atoms with Crippen molar-refractivity contribution >= 4 is 22.7 Å². The third-order valence-electron chi connectivity index (χ3n) is 12.5. The number of rotatable bonds is 8. The van der Waals surface area contributed by atoms with Gasteiger partial charge in [0.2, 0.25) is 0 Å². The Labute approximate surface area is 471 Å². The molecule has 0 fully saturated rings. The Bertz CT molecular complexity index is 3050. The van der Waals surface area contributed by atoms with Gasteiger partial charge in [-0.25, -0.2) is 4.85 Å². The van der Waals surface area contributed by atoms with Crippen molar-refractivity contribution in [3.63, 3.8) is 0 Å². The van der Waals surface area contributed by atoms with Crippen molar-refractivity contribution in [2.75, 3.05) is 17.2 Å². The minimum Gasteiger partial charge on any atom is -0.399 e. The Morgan fingerprint density at radius 2 is 0.744 bits per heavy atom. The maximum Gasteiger partial charge on any atom is 0.190 e. The second-order valence-corrected chi connectivity index (χ2v) is 21.2. The highest BCUT2D eigenvalue weighted by molar-refractivity contribution is 5.64. The predicted molar refractivity (Wildman–Crippen MR) is 338 cm³/mol. The van der Waals surface area contributed by atoms with Crippen LogP contribution in [0.3, 0.4) is 0 Å². The Balaban J connectivity index is 0.000000313. The van der Waals surface area contributed by atoms with Gasteiger partial charge in [-0.15, -0.1) is 0 Å². The van der Waals surface area contributed by atoms with Gasteiger partial charge in [-0.3, -0.25) is 0 Å². The third-order valence-corrected chi connectivity index (χ3v) is 12.5. The summed E-state index contributed by atoms with van der Waals surface area (Å²) in [5.41, 5.74) is 33.2. The van der Waals surface area contributed by atoms with Crippen molar-refractivity contribution in [2.24, 2.45) is 0 Å². The smallest absolute Gasteiger partial charge is 0.190 e. The predicted octanol–water partition coefficient (Wildman–Crippen LogP) is 20.4. The summed E-state index contributed by atoms with van der Waals surface area (Å²) in [5, 5.41) is 17.1. The molecular formula is C72H88N6. The maximum absolute atomic E-state index is 8.59. The van der Waals surface area contributed by atoms with Gasteiger partial charge in [-0.2, -0.15) is 10.5 Å². The lowest BCUT2D eigenvalue weighted by atomic mass is 9.98. The van der Waals surface area contributed by atoms with Crippen molar-refractivity contribution in [3.05, 3.63) is 262 Å². The highest BCUT2D eigenvalue weighted by Crippen LogP contribution is 2.27. The Morgan fingerprint density at radius 3 is 1.17 bits per heavy atom. The topological polar surface area (TPSA) is 130 Å². The van der Waals surface area contributed by atoms with Crippen LogP contribution in [0.25, 0.3) is 16.0 Å². The van der Waals surface area contributed by atoms with Crippen LogP contribution in [0.1, 0.15) is 188 Å². The molecule has 0 aliphatic carbocycles. The highest BCUT2D eigenvalue weighted by atomic mass is 14.6. The van der Waals surface area contributed by atoms with Crippen molar-refractivity contribution in [1.82, 2.24) is 0 Å². The minimum atomic E-state index is 0.445. The van der Waals surface area contributed by atoms with E-state index in [1.165, 1.54) is 44.5 Å². The molecule has 0 saturated carbocycles. The molecule has 0 aliphatic heterocycles. The fourth-order valence-electron chi connectivity index (χ4n) is 7.53. The second-order valence-electron chi connectivity index (χ2n) is 21.2. The van der Waals surface area contributed by atoms with Crippen LogP contribution in [0, 0.1) is 29.2 Å². The van der Waals surface area contributed by atoms with Crippen molar-refractivity contribution in [1.29, 1.82) is 10.5 Å². The third kappa shape index (κ3) is 25.0. The molecule has 0 radical (unpaired) electrons. The summed E-state index contributed by atoms with van der Waals surface area (Å²) in [6.45, 7) is 37.0. The summed E-state index contributed by atoms with van der Waals surface area (Å²) in [6, 6.07) is 70.7. The molecule has 0 amide bonds. The van der Waals surface area contributed by atoms with Crippen molar-refractivity contribution in [2.45, 2.75) is 138 Å². The highest BCUT2D eigenvalue weighted by Gasteiger charge is 2.05. The number of nitrogens with zero attached hydrogens (tertiary/aromatic N) is 3. The first kappa shape index (κ1) is 65.7. The zero-order valence-corrected chi connectivity index (χ0v) is 49.2. The van der Waals surface area contributed by atoms with E-state index in [1.54, 1.807) is 0 Å². The van der Waals surface area contributed by atoms with E-state index in [9.17, 15) is 0 Å². The zero-order valence-electron chi connectivity index (χ0n) is 49.2. The standard InChI is InChI=1S/C15H16.3C10H11N.3C9H13N/c1-12(2)14-9-6-10-15(11-14)13-7-4-3-5-8-13;1-8(2)9-6-4-5-7-10(9)11-3;1-8(2)10-5-3-9(7-11)4-6-10;1-8(2)10-5-3-4-9(6-10)7-11;1-7(2)8-3-5-9(10)6-4-8;1-7(2)8-4-3-5-9(10)6-8;1-7(2)8-5-3-4-6-9(8)10/h3-12H,1-2H3;4-8H,1-2H3;2*3-6,8H,1-2H3;3*3-7H,10H2,1-2H3. The SMILES string of the molecule is CC(C)c1ccc(C#N)cc1.CC(C)c1ccc(N)cc1.CC(C)c1cccc(-c2ccccc2)c1.CC(C)c1cccc(C#N)c1.CC(C)c1cccc(N)c1.CC(C)c1ccccc1N.[C-]#[N+]c1ccccc1C(C)C. The van der Waals surface area contributed by atoms with Gasteiger partial charge < -0.3 is 17.2 Å². The lowest BCUT2D eigenvalue weighted by Gasteiger charge is -2.08. The molecule has 6 nitrogen and oxygen atoms in total. The summed E-state index contributed by atoms with van der Waals surface area (Å²) in [5.74, 6) is 3.78. The van der Waals surface area contributed by atoms with Gasteiger partial charge in [-0.1, -0.05) is 243 Å². The van der Waals surface area contributed by atoms with Gasteiger partial charge in [0.25, 0.3) is 0 Å². The number of anilines is 3. The number of nitrogens with two attached hydrogens (primary N) is 3. The van der Waals surface area contributed by atoms with E-state index >= 15 is 0 Å². The molecule has 6 N–H and O–H groups in total. The van der Waals surface area contributed by atoms with Crippen LogP contribution in [-0.2, 0) is 0 Å². The van der Waals surface area contributed by atoms with Crippen LogP contribution >= 0.6 is 0 Å². The van der Waals surface area contributed by atoms with Gasteiger partial charge >= 0.3 is 0 Å². The molecule has 0 spiro atoms. The molecule has 0 aliphatic rings. The van der Waals surface area contributed by atoms with Crippen LogP contribution < -0.4 is 17.2 Å². The van der Waals surface area contributed by atoms with Crippen molar-refractivity contribution < 1.29 is 0 Å². The van der Waals surface area contributed by atoms with Crippen LogP contribution in [0.15, 0.2) is 200 Å². The largest absolute Gasteiger partial charge is 0.399 e. The molecule has 8 aromatic rings. The van der Waals surface area contributed by atoms with E-state index in [4.69, 9.17) is 34.3 Å². The van der Waals surface area contributed by atoms with Crippen LogP contribution in [-0.4, -0.2) is 0 Å². The summed E-state index contributed by atoms with van der Waals surface area (Å²) < 4.78 is 0. The van der Waals surface area contributed by atoms with Crippen LogP contribution in [0.5, 0.6) is 0 Å². The first-order valence-corrected chi connectivity index (χ1v) is 27.3. The van der Waals surface area contributed by atoms with E-state index in [0.717, 1.165) is 39.4 Å². The lowest BCUT2D eigenvalue weighted by Crippen LogP contribution is -1.94. The van der Waals surface area contributed by atoms with E-state index in [-0.39, 0.29) is 0 Å². The summed E-state index contributed by atoms with van der Waals surface area (Å²) in [7, 11) is 0. The Hall–Kier alpha value is -8.37. The molecular weight excluding hydrogens is 949 g/mol. The lowest BCUT2D eigenvalue weighted by molar-refractivity contribution is 0.866. The van der Waals surface area contributed by atoms with Crippen LogP contribution in [0.4, 0.5) is 22.7 Å². The average molecular weight is 1040 g/mol. The zero-order chi connectivity index (χ0) is 58.2. The second kappa shape index (κ2) is 35.8. The molecule has 8 rings (SSSR count). The fourth-order valence-corrected chi connectivity index (χ4v) is 7.53. The molecule has 0 atom stereocenters. The molecule has 0 saturated heterocycles. The Kier molecular flexibility index (Phi) is 30.2. The van der Waals surface area contributed by atoms with Gasteiger partial charge in [0.1, 0.15) is 0 Å². The number of nitrogen functional groups attached to an aromatic ring is 3. The normalized spacial score (nSPS) is 10.1. The molecule has 0 bridgehead atoms. The van der Waals surface area contributed by atoms with E-state index in [2.05, 4.69) is 193 Å². The number of para-hydroxylation sites is 2. The number of nitriles is 2. The van der Waals surface area contributed by atoms with Crippen molar-refractivity contribution in [3.8, 4) is 23.3 Å². The number of hydrogen-bond acceptors (Lipinski definition) is 5. The molecule has 6 heteroatoms. The summed E-state index contributed by atoms with van der Waals surface area (Å²) >= 11 is 0. The monoisotopic (exact) mass is 1040 g/mol. The van der Waals surface area contributed by atoms with Gasteiger partial charge in [0, 0.05) is 17.1 Å². The number of benzene rings is 8. The fraction of sp³-hybridized carbons (Fsp3) is 0.292. The molecule has 8 aromatic carbocycles. The summed E-state index contributed by atoms with van der Waals surface area (Å²) in [4.78, 5) is 3.44. The van der Waals surface area contributed by atoms with E-state index in [1.807, 2.05) is 121 Å². The molecule has 0 heterocycles. The maximum atomic E-state index is 8.59. The van der Waals surface area contributed by atoms with Crippen LogP contribution in [0.2, 0.25) is 0 Å². The summed E-state index contributed by atoms with van der Waals surface area (Å²) in [6.07, 6.45) is 0. The Morgan fingerprint density at radius 1 is 0.333 bits per heavy atom. The van der Waals surface area contributed by atoms with E-state index in [0.29, 0.717) is 41.4 Å². The first-order valence-electron chi connectivity index (χ1n) is 27.3. The first-order chi connectivity index (χ1) is 37.1. The van der Waals surface area contributed by atoms with E-state index < -0.39 is 0 Å². The van der Waals surface area contributed by atoms with Gasteiger partial charge in [0.15, 0.2) is 5.69 Å². The quantitative estimate of drug-likeness (QED) is 0.103. The molecule has 406 valence electrons. The number of hydrogen-bond donors (Lipinski definition) is 3. The average Bonchev–Trinajstić information content (AvgIpc) is 3.44. The van der Waals surface area contributed by atoms with Gasteiger partial charge in [0.05, 0.1) is 29.8 Å². The molecule has 0 unspecified atom stereocenters. The van der Waals surface area contributed by atoms with Gasteiger partial charge in [-0.05, 0) is 146 Å².